The lowest BCUT2D eigenvalue weighted by Gasteiger charge is -2.24. The van der Waals surface area contributed by atoms with Crippen LogP contribution >= 0.6 is 0 Å². The van der Waals surface area contributed by atoms with Gasteiger partial charge in [-0.3, -0.25) is 4.79 Å². The van der Waals surface area contributed by atoms with Gasteiger partial charge >= 0.3 is 0 Å². The van der Waals surface area contributed by atoms with E-state index in [1.165, 1.54) is 16.7 Å². The minimum absolute atomic E-state index is 0.0949. The molecule has 1 aliphatic carbocycles. The Morgan fingerprint density at radius 1 is 1.33 bits per heavy atom. The molecule has 2 fully saturated rings. The molecule has 0 bridgehead atoms. The van der Waals surface area contributed by atoms with Crippen molar-refractivity contribution in [1.29, 1.82) is 0 Å². The van der Waals surface area contributed by atoms with Crippen molar-refractivity contribution in [3.8, 4) is 0 Å². The molecule has 1 aliphatic heterocycles. The van der Waals surface area contributed by atoms with Gasteiger partial charge in [0.25, 0.3) is 0 Å². The zero-order valence-corrected chi connectivity index (χ0v) is 13.3. The molecule has 1 aromatic carbocycles. The number of amides is 1. The minimum atomic E-state index is 0.0949. The lowest BCUT2D eigenvalue weighted by Crippen LogP contribution is -2.34. The monoisotopic (exact) mass is 286 g/mol. The van der Waals surface area contributed by atoms with Crippen LogP contribution in [0, 0.1) is 25.2 Å². The summed E-state index contributed by atoms with van der Waals surface area (Å²) in [5, 5.41) is 6.62. The van der Waals surface area contributed by atoms with Crippen molar-refractivity contribution in [3.05, 3.63) is 34.9 Å². The van der Waals surface area contributed by atoms with Crippen LogP contribution < -0.4 is 10.6 Å². The van der Waals surface area contributed by atoms with Crippen LogP contribution in [0.4, 0.5) is 0 Å². The predicted molar refractivity (Wildman–Crippen MR) is 85.1 cm³/mol. The molecular formula is C18H26N2O. The van der Waals surface area contributed by atoms with E-state index < -0.39 is 0 Å². The highest BCUT2D eigenvalue weighted by molar-refractivity contribution is 5.83. The molecule has 1 aromatic rings. The van der Waals surface area contributed by atoms with Crippen molar-refractivity contribution in [2.45, 2.75) is 46.1 Å². The molecule has 1 spiro atoms. The molecule has 2 aliphatic rings. The smallest absolute Gasteiger partial charge is 0.224 e. The molecule has 3 rings (SSSR count). The van der Waals surface area contributed by atoms with E-state index in [0.29, 0.717) is 5.41 Å². The highest BCUT2D eigenvalue weighted by Gasteiger charge is 2.57. The van der Waals surface area contributed by atoms with Crippen molar-refractivity contribution in [2.24, 2.45) is 11.3 Å². The zero-order valence-electron chi connectivity index (χ0n) is 13.3. The molecule has 3 nitrogen and oxygen atoms in total. The van der Waals surface area contributed by atoms with Gasteiger partial charge in [0.2, 0.25) is 5.91 Å². The number of rotatable bonds is 3. The molecule has 1 heterocycles. The molecule has 2 atom stereocenters. The van der Waals surface area contributed by atoms with Crippen molar-refractivity contribution < 1.29 is 4.79 Å². The number of nitrogens with one attached hydrogen (secondary N) is 2. The number of hydrogen-bond donors (Lipinski definition) is 2. The molecule has 1 saturated carbocycles. The second kappa shape index (κ2) is 5.45. The molecule has 2 unspecified atom stereocenters. The third-order valence-electron chi connectivity index (χ3n) is 5.36. The van der Waals surface area contributed by atoms with Gasteiger partial charge in [-0.15, -0.1) is 0 Å². The fourth-order valence-electron chi connectivity index (χ4n) is 3.90. The topological polar surface area (TPSA) is 41.1 Å². The second-order valence-electron chi connectivity index (χ2n) is 6.96. The van der Waals surface area contributed by atoms with Gasteiger partial charge < -0.3 is 10.6 Å². The molecule has 0 radical (unpaired) electrons. The Labute approximate surface area is 127 Å². The SMILES string of the molecule is Cc1ccc(C(C)NC(=O)C2CC23CCNCC3)c(C)c1. The van der Waals surface area contributed by atoms with Gasteiger partial charge in [0.05, 0.1) is 6.04 Å². The average molecular weight is 286 g/mol. The quantitative estimate of drug-likeness (QED) is 0.897. The highest BCUT2D eigenvalue weighted by Crippen LogP contribution is 2.58. The Morgan fingerprint density at radius 3 is 2.71 bits per heavy atom. The normalized spacial score (nSPS) is 24.6. The first kappa shape index (κ1) is 14.6. The van der Waals surface area contributed by atoms with Crippen LogP contribution in [0.25, 0.3) is 0 Å². The van der Waals surface area contributed by atoms with E-state index in [4.69, 9.17) is 0 Å². The van der Waals surface area contributed by atoms with Gasteiger partial charge in [-0.2, -0.15) is 0 Å². The second-order valence-corrected chi connectivity index (χ2v) is 6.96. The third kappa shape index (κ3) is 2.84. The van der Waals surface area contributed by atoms with Crippen LogP contribution in [0.5, 0.6) is 0 Å². The summed E-state index contributed by atoms with van der Waals surface area (Å²) in [6.07, 6.45) is 3.40. The summed E-state index contributed by atoms with van der Waals surface area (Å²) >= 11 is 0. The van der Waals surface area contributed by atoms with E-state index in [0.717, 1.165) is 32.4 Å². The standard InChI is InChI=1S/C18H26N2O/c1-12-4-5-15(13(2)10-12)14(3)20-17(21)16-11-18(16)6-8-19-9-7-18/h4-5,10,14,16,19H,6-9,11H2,1-3H3,(H,20,21). The molecule has 114 valence electrons. The number of benzene rings is 1. The fraction of sp³-hybridized carbons (Fsp3) is 0.611. The number of carbonyl (C=O) groups is 1. The van der Waals surface area contributed by atoms with Crippen LogP contribution in [0.15, 0.2) is 18.2 Å². The lowest BCUT2D eigenvalue weighted by molar-refractivity contribution is -0.123. The van der Waals surface area contributed by atoms with E-state index in [2.05, 4.69) is 49.6 Å². The van der Waals surface area contributed by atoms with Crippen LogP contribution in [0.2, 0.25) is 0 Å². The minimum Gasteiger partial charge on any atom is -0.349 e. The maximum Gasteiger partial charge on any atom is 0.224 e. The van der Waals surface area contributed by atoms with Crippen LogP contribution in [-0.4, -0.2) is 19.0 Å². The maximum atomic E-state index is 12.5. The third-order valence-corrected chi connectivity index (χ3v) is 5.36. The Morgan fingerprint density at radius 2 is 2.05 bits per heavy atom. The summed E-state index contributed by atoms with van der Waals surface area (Å²) in [7, 11) is 0. The number of aryl methyl sites for hydroxylation is 2. The lowest BCUT2D eigenvalue weighted by atomic mass is 9.91. The summed E-state index contributed by atoms with van der Waals surface area (Å²) in [6, 6.07) is 6.54. The molecule has 3 heteroatoms. The maximum absolute atomic E-state index is 12.5. The van der Waals surface area contributed by atoms with Gasteiger partial charge in [0.15, 0.2) is 0 Å². The van der Waals surface area contributed by atoms with Crippen molar-refractivity contribution in [1.82, 2.24) is 10.6 Å². The van der Waals surface area contributed by atoms with Crippen LogP contribution in [0.3, 0.4) is 0 Å². The fourth-order valence-corrected chi connectivity index (χ4v) is 3.90. The summed E-state index contributed by atoms with van der Waals surface area (Å²) in [5.41, 5.74) is 4.08. The first-order valence-corrected chi connectivity index (χ1v) is 8.10. The molecule has 1 saturated heterocycles. The molecule has 21 heavy (non-hydrogen) atoms. The zero-order chi connectivity index (χ0) is 15.0. The first-order chi connectivity index (χ1) is 10.0. The molecule has 2 N–H and O–H groups in total. The Bertz CT molecular complexity index is 546. The largest absolute Gasteiger partial charge is 0.349 e. The number of hydrogen-bond acceptors (Lipinski definition) is 2. The van der Waals surface area contributed by atoms with E-state index >= 15 is 0 Å². The average Bonchev–Trinajstić information content (AvgIpc) is 3.13. The van der Waals surface area contributed by atoms with Crippen molar-refractivity contribution in [2.75, 3.05) is 13.1 Å². The predicted octanol–water partition coefficient (Wildman–Crippen LogP) is 2.87. The van der Waals surface area contributed by atoms with Crippen LogP contribution in [-0.2, 0) is 4.79 Å². The van der Waals surface area contributed by atoms with E-state index in [-0.39, 0.29) is 17.9 Å². The van der Waals surface area contributed by atoms with Gasteiger partial charge in [-0.1, -0.05) is 23.8 Å². The van der Waals surface area contributed by atoms with Gasteiger partial charge in [-0.25, -0.2) is 0 Å². The van der Waals surface area contributed by atoms with Crippen LogP contribution in [0.1, 0.15) is 48.9 Å². The summed E-state index contributed by atoms with van der Waals surface area (Å²) in [5.74, 6) is 0.497. The van der Waals surface area contributed by atoms with Crippen molar-refractivity contribution >= 4 is 5.91 Å². The summed E-state index contributed by atoms with van der Waals surface area (Å²) in [4.78, 5) is 12.5. The van der Waals surface area contributed by atoms with Gasteiger partial charge in [0, 0.05) is 5.92 Å². The number of piperidine rings is 1. The van der Waals surface area contributed by atoms with Crippen molar-refractivity contribution in [3.63, 3.8) is 0 Å². The molecular weight excluding hydrogens is 260 g/mol. The van der Waals surface area contributed by atoms with Gasteiger partial charge in [-0.05, 0) is 69.7 Å². The summed E-state index contributed by atoms with van der Waals surface area (Å²) < 4.78 is 0. The van der Waals surface area contributed by atoms with E-state index in [1.54, 1.807) is 0 Å². The highest BCUT2D eigenvalue weighted by atomic mass is 16.2. The van der Waals surface area contributed by atoms with E-state index in [1.807, 2.05) is 0 Å². The molecule has 0 aromatic heterocycles. The number of carbonyl (C=O) groups excluding carboxylic acids is 1. The Hall–Kier alpha value is -1.35. The van der Waals surface area contributed by atoms with E-state index in [9.17, 15) is 4.79 Å². The Balaban J connectivity index is 1.62. The molecule has 1 amide bonds. The Kier molecular flexibility index (Phi) is 3.78. The van der Waals surface area contributed by atoms with Gasteiger partial charge in [0.1, 0.15) is 0 Å². The first-order valence-electron chi connectivity index (χ1n) is 8.10. The summed E-state index contributed by atoms with van der Waals surface area (Å²) in [6.45, 7) is 8.45.